The molecule has 0 saturated heterocycles. The first kappa shape index (κ1) is 25.2. The van der Waals surface area contributed by atoms with Gasteiger partial charge in [0.1, 0.15) is 8.07 Å². The first-order valence-corrected chi connectivity index (χ1v) is 12.0. The van der Waals surface area contributed by atoms with E-state index in [1.54, 1.807) is 24.2 Å². The van der Waals surface area contributed by atoms with Crippen molar-refractivity contribution < 1.29 is 49.0 Å². The van der Waals surface area contributed by atoms with E-state index in [0.717, 1.165) is 12.1 Å². The molecule has 0 amide bonds. The molecule has 0 aromatic carbocycles. The van der Waals surface area contributed by atoms with Gasteiger partial charge in [-0.25, -0.2) is 12.2 Å². The molecule has 2 aliphatic carbocycles. The van der Waals surface area contributed by atoms with Crippen LogP contribution in [-0.2, 0) is 24.2 Å². The van der Waals surface area contributed by atoms with E-state index >= 15 is 0 Å². The number of hydrogen-bond acceptors (Lipinski definition) is 1. The molecule has 0 radical (unpaired) electrons. The van der Waals surface area contributed by atoms with Gasteiger partial charge in [0.25, 0.3) is 0 Å². The van der Waals surface area contributed by atoms with E-state index in [4.69, 9.17) is 0 Å². The van der Waals surface area contributed by atoms with Crippen LogP contribution in [-0.4, -0.2) is 16.6 Å². The van der Waals surface area contributed by atoms with E-state index in [0.29, 0.717) is 0 Å². The Labute approximate surface area is 169 Å². The fraction of sp³-hybridized carbons (Fsp3) is 0.333. The quantitative estimate of drug-likeness (QED) is 0.354. The van der Waals surface area contributed by atoms with Gasteiger partial charge in [-0.1, -0.05) is 31.8 Å². The zero-order chi connectivity index (χ0) is 15.9. The summed E-state index contributed by atoms with van der Waals surface area (Å²) in [7, 11) is -1.19. The Bertz CT molecular complexity index is 562. The molecule has 1 heterocycles. The molecule has 3 rings (SSSR count). The smallest absolute Gasteiger partial charge is 0.101 e. The van der Waals surface area contributed by atoms with Crippen LogP contribution in [0.5, 0.6) is 0 Å². The van der Waals surface area contributed by atoms with Crippen molar-refractivity contribution in [2.45, 2.75) is 39.9 Å². The number of nitrogens with zero attached hydrogens (tertiary/aromatic N) is 1. The van der Waals surface area contributed by atoms with Crippen LogP contribution in [0.2, 0.25) is 19.6 Å². The van der Waals surface area contributed by atoms with Crippen molar-refractivity contribution in [1.29, 1.82) is 0 Å². The Morgan fingerprint density at radius 3 is 2.13 bits per heavy atom. The molecule has 5 heteroatoms. The predicted molar refractivity (Wildman–Crippen MR) is 94.0 cm³/mol. The minimum absolute atomic E-state index is 0. The first-order valence-electron chi connectivity index (χ1n) is 7.24. The molecule has 1 aliphatic heterocycles. The molecule has 0 fully saturated rings. The summed E-state index contributed by atoms with van der Waals surface area (Å²) in [6, 6.07) is 0. The number of fused-ring (bicyclic) bond motifs is 1. The SMILES string of the molecule is C[C](C)=[Zr+2].C[Si](C)(C)C1=NC2=CC=CC2=C1.[C-]1=CC=CC1.[Cl-].[Cl-]. The summed E-state index contributed by atoms with van der Waals surface area (Å²) in [5.74, 6) is 0. The zero-order valence-electron chi connectivity index (χ0n) is 14.5. The van der Waals surface area contributed by atoms with Gasteiger partial charge in [-0.05, 0) is 12.2 Å². The third kappa shape index (κ3) is 10.4. The average Bonchev–Trinajstić information content (AvgIpc) is 3.06. The second-order valence-electron chi connectivity index (χ2n) is 6.26. The molecular formula is C18H24Cl2NSiZr-. The maximum absolute atomic E-state index is 4.61. The van der Waals surface area contributed by atoms with E-state index < -0.39 is 8.07 Å². The molecule has 0 bridgehead atoms. The number of rotatable bonds is 1. The summed E-state index contributed by atoms with van der Waals surface area (Å²) in [5, 5.41) is 1.33. The van der Waals surface area contributed by atoms with Gasteiger partial charge in [0, 0.05) is 10.9 Å². The Morgan fingerprint density at radius 1 is 1.17 bits per heavy atom. The van der Waals surface area contributed by atoms with Gasteiger partial charge in [-0.3, -0.25) is 11.1 Å². The Kier molecular flexibility index (Phi) is 13.5. The van der Waals surface area contributed by atoms with Crippen LogP contribution < -0.4 is 24.8 Å². The minimum Gasteiger partial charge on any atom is -1.00 e. The van der Waals surface area contributed by atoms with Crippen molar-refractivity contribution in [3.63, 3.8) is 0 Å². The fourth-order valence-corrected chi connectivity index (χ4v) is 2.73. The maximum atomic E-state index is 4.61. The molecule has 23 heavy (non-hydrogen) atoms. The molecule has 0 aromatic rings. The van der Waals surface area contributed by atoms with Crippen LogP contribution in [0.25, 0.3) is 0 Å². The van der Waals surface area contributed by atoms with E-state index in [1.165, 1.54) is 14.1 Å². The van der Waals surface area contributed by atoms with Crippen LogP contribution in [0.4, 0.5) is 0 Å². The predicted octanol–water partition coefficient (Wildman–Crippen LogP) is -1.24. The van der Waals surface area contributed by atoms with Crippen molar-refractivity contribution >= 4 is 16.6 Å². The molecule has 0 atom stereocenters. The fourth-order valence-electron chi connectivity index (χ4n) is 1.68. The Balaban J connectivity index is 0. The molecule has 1 nitrogen and oxygen atoms in total. The summed E-state index contributed by atoms with van der Waals surface area (Å²) in [6.07, 6.45) is 18.5. The second kappa shape index (κ2) is 12.3. The molecular weight excluding hydrogens is 420 g/mol. The molecule has 3 aliphatic rings. The van der Waals surface area contributed by atoms with E-state index in [-0.39, 0.29) is 24.8 Å². The van der Waals surface area contributed by atoms with E-state index in [9.17, 15) is 0 Å². The van der Waals surface area contributed by atoms with Crippen molar-refractivity contribution in [1.82, 2.24) is 0 Å². The largest absolute Gasteiger partial charge is 1.00 e. The van der Waals surface area contributed by atoms with Crippen LogP contribution in [0.1, 0.15) is 20.3 Å². The Morgan fingerprint density at radius 2 is 1.78 bits per heavy atom. The number of allylic oxidation sites excluding steroid dienone is 8. The standard InChI is InChI=1S/C10H13NSi.C5H5.C3H6.2ClH.Zr/c1-12(2,3)10-7-8-5-4-6-9(8)11-10;1-2-4-5-3-1;1-3-2;;;/h4-7H,1-3H3;1-3H,4H2;1-2H3;2*1H;/q;-1;;;;+2/p-2. The van der Waals surface area contributed by atoms with E-state index in [2.05, 4.69) is 74.9 Å². The van der Waals surface area contributed by atoms with Crippen molar-refractivity contribution in [3.8, 4) is 0 Å². The third-order valence-corrected chi connectivity index (χ3v) is 4.51. The number of hydrogen-bond donors (Lipinski definition) is 0. The van der Waals surface area contributed by atoms with Gasteiger partial charge in [0.2, 0.25) is 0 Å². The van der Waals surface area contributed by atoms with Crippen molar-refractivity contribution in [2.24, 2.45) is 4.99 Å². The maximum Gasteiger partial charge on any atom is 0.101 e. The van der Waals surface area contributed by atoms with Gasteiger partial charge in [-0.2, -0.15) is 6.08 Å². The third-order valence-electron chi connectivity index (χ3n) is 2.71. The summed E-state index contributed by atoms with van der Waals surface area (Å²) >= 11 is 1.55. The van der Waals surface area contributed by atoms with Gasteiger partial charge in [-0.15, -0.1) is 6.42 Å². The summed E-state index contributed by atoms with van der Waals surface area (Å²) < 4.78 is 1.51. The van der Waals surface area contributed by atoms with Gasteiger partial charge in [0.15, 0.2) is 0 Å². The molecule has 0 N–H and O–H groups in total. The van der Waals surface area contributed by atoms with Gasteiger partial charge in [0.05, 0.1) is 5.70 Å². The van der Waals surface area contributed by atoms with Crippen LogP contribution in [0.15, 0.2) is 58.8 Å². The molecule has 0 unspecified atom stereocenters. The Hall–Kier alpha value is -0.0800. The zero-order valence-corrected chi connectivity index (χ0v) is 19.4. The first-order chi connectivity index (χ1) is 9.80. The van der Waals surface area contributed by atoms with Crippen molar-refractivity contribution in [2.75, 3.05) is 0 Å². The monoisotopic (exact) mass is 442 g/mol. The van der Waals surface area contributed by atoms with Gasteiger partial charge >= 0.3 is 41.3 Å². The van der Waals surface area contributed by atoms with E-state index in [1.807, 2.05) is 12.2 Å². The normalized spacial score (nSPS) is 15.7. The minimum atomic E-state index is -1.19. The number of aliphatic imine (C=N–C) groups is 1. The molecule has 0 aromatic heterocycles. The summed E-state index contributed by atoms with van der Waals surface area (Å²) in [5.41, 5.74) is 2.46. The average molecular weight is 445 g/mol. The number of halogens is 2. The second-order valence-corrected chi connectivity index (χ2v) is 13.7. The summed E-state index contributed by atoms with van der Waals surface area (Å²) in [4.78, 5) is 4.61. The molecule has 0 saturated carbocycles. The van der Waals surface area contributed by atoms with Gasteiger partial charge < -0.3 is 24.8 Å². The van der Waals surface area contributed by atoms with Crippen LogP contribution in [0, 0.1) is 6.08 Å². The topological polar surface area (TPSA) is 12.4 Å². The molecule has 124 valence electrons. The van der Waals surface area contributed by atoms with Crippen LogP contribution in [0.3, 0.4) is 0 Å². The summed E-state index contributed by atoms with van der Waals surface area (Å²) in [6.45, 7) is 11.2. The molecule has 0 spiro atoms. The van der Waals surface area contributed by atoms with Crippen molar-refractivity contribution in [3.05, 3.63) is 59.9 Å². The van der Waals surface area contributed by atoms with Crippen LogP contribution >= 0.6 is 0 Å².